The molecule has 1 amide bonds. The molecule has 1 aromatic carbocycles. The molecule has 30 heavy (non-hydrogen) atoms. The number of alkyl halides is 3. The van der Waals surface area contributed by atoms with Crippen LogP contribution in [0.3, 0.4) is 0 Å². The first-order valence-corrected chi connectivity index (χ1v) is 10.3. The molecule has 0 aliphatic heterocycles. The zero-order chi connectivity index (χ0) is 21.9. The zero-order valence-corrected chi connectivity index (χ0v) is 17.7. The number of carbonyl (C=O) groups is 1. The molecule has 2 N–H and O–H groups in total. The van der Waals surface area contributed by atoms with Crippen LogP contribution in [-0.2, 0) is 6.18 Å². The molecule has 0 spiro atoms. The van der Waals surface area contributed by atoms with E-state index in [1.807, 2.05) is 6.92 Å². The van der Waals surface area contributed by atoms with Crippen molar-refractivity contribution in [2.75, 3.05) is 11.9 Å². The number of hydrogen-bond acceptors (Lipinski definition) is 4. The van der Waals surface area contributed by atoms with Crippen molar-refractivity contribution in [2.24, 2.45) is 5.92 Å². The smallest absolute Gasteiger partial charge is 0.354 e. The highest BCUT2D eigenvalue weighted by Crippen LogP contribution is 2.32. The Kier molecular flexibility index (Phi) is 7.08. The van der Waals surface area contributed by atoms with Crippen LogP contribution in [-0.4, -0.2) is 28.5 Å². The van der Waals surface area contributed by atoms with Crippen molar-refractivity contribution in [1.29, 1.82) is 0 Å². The summed E-state index contributed by atoms with van der Waals surface area (Å²) in [7, 11) is 0. The Morgan fingerprint density at radius 1 is 1.13 bits per heavy atom. The maximum atomic E-state index is 12.9. The number of halogens is 5. The first-order chi connectivity index (χ1) is 14.1. The Hall–Kier alpha value is -2.06. The van der Waals surface area contributed by atoms with Gasteiger partial charge >= 0.3 is 6.18 Å². The van der Waals surface area contributed by atoms with Gasteiger partial charge in [0.15, 0.2) is 0 Å². The predicted molar refractivity (Wildman–Crippen MR) is 110 cm³/mol. The van der Waals surface area contributed by atoms with Crippen LogP contribution in [0.15, 0.2) is 24.3 Å². The molecule has 1 aromatic heterocycles. The largest absolute Gasteiger partial charge is 0.416 e. The molecule has 0 bridgehead atoms. The normalized spacial score (nSPS) is 19.4. The van der Waals surface area contributed by atoms with Gasteiger partial charge in [-0.15, -0.1) is 0 Å². The average Bonchev–Trinajstić information content (AvgIpc) is 2.66. The summed E-state index contributed by atoms with van der Waals surface area (Å²) in [5, 5.41) is 6.37. The van der Waals surface area contributed by atoms with Crippen LogP contribution in [0.5, 0.6) is 0 Å². The van der Waals surface area contributed by atoms with Crippen LogP contribution in [0.25, 0.3) is 0 Å². The molecule has 0 unspecified atom stereocenters. The lowest BCUT2D eigenvalue weighted by atomic mass is 9.86. The van der Waals surface area contributed by atoms with E-state index in [0.717, 1.165) is 49.6 Å². The van der Waals surface area contributed by atoms with Gasteiger partial charge in [0.1, 0.15) is 5.15 Å². The van der Waals surface area contributed by atoms with Gasteiger partial charge in [-0.1, -0.05) is 23.2 Å². The molecule has 1 fully saturated rings. The molecule has 1 aliphatic carbocycles. The number of aryl methyl sites for hydroxylation is 1. The summed E-state index contributed by atoms with van der Waals surface area (Å²) in [5.41, 5.74) is -0.286. The highest BCUT2D eigenvalue weighted by Gasteiger charge is 2.32. The number of nitrogens with zero attached hydrogens (tertiary/aromatic N) is 2. The van der Waals surface area contributed by atoms with Crippen LogP contribution in [0, 0.1) is 12.8 Å². The first-order valence-electron chi connectivity index (χ1n) is 9.54. The molecule has 162 valence electrons. The lowest BCUT2D eigenvalue weighted by Crippen LogP contribution is -2.38. The highest BCUT2D eigenvalue weighted by molar-refractivity contribution is 6.33. The molecule has 10 heteroatoms. The number of nitrogens with one attached hydrogen (secondary N) is 2. The van der Waals surface area contributed by atoms with E-state index in [4.69, 9.17) is 23.2 Å². The maximum Gasteiger partial charge on any atom is 0.416 e. The van der Waals surface area contributed by atoms with Gasteiger partial charge in [0.05, 0.1) is 16.1 Å². The molecule has 0 saturated heterocycles. The lowest BCUT2D eigenvalue weighted by molar-refractivity contribution is -0.137. The summed E-state index contributed by atoms with van der Waals surface area (Å²) in [5.74, 6) is 0.267. The third kappa shape index (κ3) is 5.98. The monoisotopic (exact) mass is 460 g/mol. The van der Waals surface area contributed by atoms with Crippen molar-refractivity contribution < 1.29 is 18.0 Å². The fourth-order valence-corrected chi connectivity index (χ4v) is 3.94. The van der Waals surface area contributed by atoms with Crippen molar-refractivity contribution >= 4 is 35.1 Å². The quantitative estimate of drug-likeness (QED) is 0.577. The minimum atomic E-state index is -4.53. The minimum absolute atomic E-state index is 0.00444. The summed E-state index contributed by atoms with van der Waals surface area (Å²) >= 11 is 11.9. The Balaban J connectivity index is 1.51. The van der Waals surface area contributed by atoms with Crippen LogP contribution in [0.2, 0.25) is 10.2 Å². The van der Waals surface area contributed by atoms with E-state index in [-0.39, 0.29) is 16.6 Å². The number of benzene rings is 1. The van der Waals surface area contributed by atoms with Crippen molar-refractivity contribution in [2.45, 2.75) is 44.8 Å². The second-order valence-corrected chi connectivity index (χ2v) is 8.21. The van der Waals surface area contributed by atoms with Gasteiger partial charge in [-0.05, 0) is 62.8 Å². The van der Waals surface area contributed by atoms with Crippen molar-refractivity contribution in [3.05, 3.63) is 51.3 Å². The summed E-state index contributed by atoms with van der Waals surface area (Å²) in [6.45, 7) is 2.52. The molecule has 0 atom stereocenters. The molecule has 5 nitrogen and oxygen atoms in total. The molecular weight excluding hydrogens is 440 g/mol. The SMILES string of the molecule is Cc1cc(Cl)nc(NCC2CCC(NC(=O)c3cc(C(F)(F)F)ccc3Cl)CC2)n1. The Labute approximate surface area is 182 Å². The van der Waals surface area contributed by atoms with Crippen LogP contribution in [0.1, 0.15) is 47.3 Å². The van der Waals surface area contributed by atoms with Crippen LogP contribution < -0.4 is 10.6 Å². The molecule has 1 heterocycles. The number of aromatic nitrogens is 2. The Bertz CT molecular complexity index is 895. The summed E-state index contributed by atoms with van der Waals surface area (Å²) < 4.78 is 38.7. The van der Waals surface area contributed by atoms with Crippen molar-refractivity contribution in [1.82, 2.24) is 15.3 Å². The number of amides is 1. The van der Waals surface area contributed by atoms with Gasteiger partial charge in [-0.25, -0.2) is 9.97 Å². The zero-order valence-electron chi connectivity index (χ0n) is 16.2. The van der Waals surface area contributed by atoms with Crippen LogP contribution >= 0.6 is 23.2 Å². The second kappa shape index (κ2) is 9.39. The van der Waals surface area contributed by atoms with Gasteiger partial charge in [0.25, 0.3) is 5.91 Å². The first kappa shape index (κ1) is 22.6. The van der Waals surface area contributed by atoms with Gasteiger partial charge in [0.2, 0.25) is 5.95 Å². The summed E-state index contributed by atoms with van der Waals surface area (Å²) in [4.78, 5) is 20.9. The lowest BCUT2D eigenvalue weighted by Gasteiger charge is -2.29. The molecular formula is C20H21Cl2F3N4O. The van der Waals surface area contributed by atoms with Gasteiger partial charge in [-0.2, -0.15) is 13.2 Å². The van der Waals surface area contributed by atoms with E-state index in [9.17, 15) is 18.0 Å². The summed E-state index contributed by atoms with van der Waals surface area (Å²) in [6, 6.07) is 4.32. The van der Waals surface area contributed by atoms with E-state index in [1.165, 1.54) is 0 Å². The van der Waals surface area contributed by atoms with Gasteiger partial charge in [-0.3, -0.25) is 4.79 Å². The molecule has 2 aromatic rings. The third-order valence-electron chi connectivity index (χ3n) is 5.09. The van der Waals surface area contributed by atoms with E-state index < -0.39 is 17.6 Å². The molecule has 3 rings (SSSR count). The third-order valence-corrected chi connectivity index (χ3v) is 5.62. The standard InChI is InChI=1S/C20H21Cl2F3N4O/c1-11-8-17(22)29-19(27-11)26-10-12-2-5-14(6-3-12)28-18(30)15-9-13(20(23,24)25)4-7-16(15)21/h4,7-9,12,14H,2-3,5-6,10H2,1H3,(H,28,30)(H,26,27,29). The minimum Gasteiger partial charge on any atom is -0.354 e. The van der Waals surface area contributed by atoms with E-state index in [2.05, 4.69) is 20.6 Å². The average molecular weight is 461 g/mol. The molecule has 0 radical (unpaired) electrons. The van der Waals surface area contributed by atoms with Crippen LogP contribution in [0.4, 0.5) is 19.1 Å². The predicted octanol–water partition coefficient (Wildman–Crippen LogP) is 5.51. The topological polar surface area (TPSA) is 66.9 Å². The van der Waals surface area contributed by atoms with E-state index >= 15 is 0 Å². The summed E-state index contributed by atoms with van der Waals surface area (Å²) in [6.07, 6.45) is -1.37. The van der Waals surface area contributed by atoms with Crippen molar-refractivity contribution in [3.8, 4) is 0 Å². The van der Waals surface area contributed by atoms with E-state index in [0.29, 0.717) is 23.6 Å². The fraction of sp³-hybridized carbons (Fsp3) is 0.450. The number of carbonyl (C=O) groups excluding carboxylic acids is 1. The molecule has 1 aliphatic rings. The maximum absolute atomic E-state index is 12.9. The highest BCUT2D eigenvalue weighted by atomic mass is 35.5. The number of anilines is 1. The molecule has 1 saturated carbocycles. The van der Waals surface area contributed by atoms with Gasteiger partial charge in [0, 0.05) is 18.3 Å². The Morgan fingerprint density at radius 3 is 2.47 bits per heavy atom. The second-order valence-electron chi connectivity index (χ2n) is 7.42. The van der Waals surface area contributed by atoms with Gasteiger partial charge < -0.3 is 10.6 Å². The Morgan fingerprint density at radius 2 is 1.83 bits per heavy atom. The number of hydrogen-bond donors (Lipinski definition) is 2. The van der Waals surface area contributed by atoms with E-state index in [1.54, 1.807) is 6.07 Å². The fourth-order valence-electron chi connectivity index (χ4n) is 3.49. The van der Waals surface area contributed by atoms with Crippen molar-refractivity contribution in [3.63, 3.8) is 0 Å². The number of rotatable bonds is 5.